The zero-order valence-corrected chi connectivity index (χ0v) is 18.3. The molecule has 0 radical (unpaired) electrons. The highest BCUT2D eigenvalue weighted by molar-refractivity contribution is 6.05. The van der Waals surface area contributed by atoms with Gasteiger partial charge in [0, 0.05) is 30.6 Å². The normalized spacial score (nSPS) is 17.6. The van der Waals surface area contributed by atoms with Crippen LogP contribution in [0.5, 0.6) is 0 Å². The van der Waals surface area contributed by atoms with E-state index in [1.807, 2.05) is 48.5 Å². The number of nitrogens with zero attached hydrogens (tertiary/aromatic N) is 3. The molecule has 1 saturated heterocycles. The summed E-state index contributed by atoms with van der Waals surface area (Å²) < 4.78 is 0. The number of benzene rings is 2. The van der Waals surface area contributed by atoms with Crippen molar-refractivity contribution < 1.29 is 14.7 Å². The number of aromatic nitrogens is 2. The molecule has 1 aromatic heterocycles. The third-order valence-electron chi connectivity index (χ3n) is 6.84. The summed E-state index contributed by atoms with van der Waals surface area (Å²) in [4.78, 5) is 27.6. The molecule has 2 N–H and O–H groups in total. The van der Waals surface area contributed by atoms with Crippen LogP contribution in [0.1, 0.15) is 50.9 Å². The Morgan fingerprint density at radius 1 is 1.00 bits per heavy atom. The average Bonchev–Trinajstić information content (AvgIpc) is 3.14. The molecule has 0 bridgehead atoms. The molecule has 1 spiro atoms. The Labute approximate surface area is 192 Å². The second-order valence-corrected chi connectivity index (χ2v) is 8.84. The maximum Gasteiger partial charge on any atom is 0.271 e. The molecule has 1 amide bonds. The van der Waals surface area contributed by atoms with Crippen molar-refractivity contribution in [2.24, 2.45) is 5.41 Å². The minimum absolute atomic E-state index is 0.0942. The number of aliphatic hydroxyl groups excluding tert-OH is 1. The number of rotatable bonds is 5. The summed E-state index contributed by atoms with van der Waals surface area (Å²) >= 11 is 0. The van der Waals surface area contributed by atoms with Crippen LogP contribution in [0.3, 0.4) is 0 Å². The molecule has 1 unspecified atom stereocenters. The minimum atomic E-state index is -0.785. The van der Waals surface area contributed by atoms with Crippen molar-refractivity contribution in [2.45, 2.75) is 25.4 Å². The van der Waals surface area contributed by atoms with Crippen LogP contribution in [-0.4, -0.2) is 46.6 Å². The Hall–Kier alpha value is -3.58. The number of ketones is 1. The molecule has 1 fully saturated rings. The van der Waals surface area contributed by atoms with Crippen LogP contribution in [0.25, 0.3) is 0 Å². The highest BCUT2D eigenvalue weighted by Crippen LogP contribution is 2.44. The van der Waals surface area contributed by atoms with Gasteiger partial charge in [0.05, 0.1) is 6.10 Å². The van der Waals surface area contributed by atoms with E-state index in [1.54, 1.807) is 12.1 Å². The molecule has 1 aliphatic carbocycles. The fraction of sp³-hybridized carbons (Fsp3) is 0.308. The molecule has 1 atom stereocenters. The lowest BCUT2D eigenvalue weighted by molar-refractivity contribution is 0.0774. The van der Waals surface area contributed by atoms with Gasteiger partial charge < -0.3 is 15.3 Å². The fourth-order valence-electron chi connectivity index (χ4n) is 4.88. The van der Waals surface area contributed by atoms with E-state index in [-0.39, 0.29) is 29.3 Å². The standard InChI is InChI=1S/C26H26N4O3/c31-22(18-6-2-1-3-7-18)17-27-25(33)21-10-11-23(29-28-21)30-14-12-26(13-15-30)16-19-8-4-5-9-20(19)24(26)32/h1-11,22,31H,12-17H2,(H,27,33). The number of carbonyl (C=O) groups is 2. The first-order valence-corrected chi connectivity index (χ1v) is 11.3. The van der Waals surface area contributed by atoms with Crippen molar-refractivity contribution >= 4 is 17.5 Å². The average molecular weight is 443 g/mol. The first-order valence-electron chi connectivity index (χ1n) is 11.3. The van der Waals surface area contributed by atoms with E-state index >= 15 is 0 Å². The number of hydrogen-bond donors (Lipinski definition) is 2. The summed E-state index contributed by atoms with van der Waals surface area (Å²) in [7, 11) is 0. The van der Waals surface area contributed by atoms with Gasteiger partial charge in [0.15, 0.2) is 17.3 Å². The summed E-state index contributed by atoms with van der Waals surface area (Å²) in [6.07, 6.45) is 1.59. The van der Waals surface area contributed by atoms with Crippen molar-refractivity contribution in [3.8, 4) is 0 Å². The Balaban J connectivity index is 1.17. The molecule has 3 aromatic rings. The van der Waals surface area contributed by atoms with E-state index < -0.39 is 6.10 Å². The fourth-order valence-corrected chi connectivity index (χ4v) is 4.88. The number of hydrogen-bond acceptors (Lipinski definition) is 6. The van der Waals surface area contributed by atoms with Gasteiger partial charge in [-0.25, -0.2) is 0 Å². The van der Waals surface area contributed by atoms with Crippen molar-refractivity contribution in [1.82, 2.24) is 15.5 Å². The third kappa shape index (κ3) is 4.12. The zero-order valence-electron chi connectivity index (χ0n) is 18.3. The summed E-state index contributed by atoms with van der Waals surface area (Å²) in [5, 5.41) is 21.3. The van der Waals surface area contributed by atoms with E-state index in [0.717, 1.165) is 49.0 Å². The third-order valence-corrected chi connectivity index (χ3v) is 6.84. The molecule has 7 heteroatoms. The van der Waals surface area contributed by atoms with Gasteiger partial charge in [-0.1, -0.05) is 54.6 Å². The number of anilines is 1. The second-order valence-electron chi connectivity index (χ2n) is 8.84. The van der Waals surface area contributed by atoms with Crippen LogP contribution in [0.2, 0.25) is 0 Å². The van der Waals surface area contributed by atoms with Gasteiger partial charge in [0.2, 0.25) is 0 Å². The van der Waals surface area contributed by atoms with Gasteiger partial charge in [-0.05, 0) is 42.5 Å². The van der Waals surface area contributed by atoms with Crippen molar-refractivity contribution in [3.63, 3.8) is 0 Å². The lowest BCUT2D eigenvalue weighted by Gasteiger charge is -2.38. The Kier molecular flexibility index (Phi) is 5.64. The molecular formula is C26H26N4O3. The van der Waals surface area contributed by atoms with Crippen LogP contribution in [-0.2, 0) is 6.42 Å². The predicted octanol–water partition coefficient (Wildman–Crippen LogP) is 2.97. The minimum Gasteiger partial charge on any atom is -0.387 e. The molecule has 5 rings (SSSR count). The molecule has 2 aliphatic rings. The van der Waals surface area contributed by atoms with Crippen LogP contribution >= 0.6 is 0 Å². The van der Waals surface area contributed by atoms with Crippen LogP contribution in [0, 0.1) is 5.41 Å². The van der Waals surface area contributed by atoms with Gasteiger partial charge in [0.1, 0.15) is 0 Å². The quantitative estimate of drug-likeness (QED) is 0.631. The van der Waals surface area contributed by atoms with Crippen LogP contribution < -0.4 is 10.2 Å². The summed E-state index contributed by atoms with van der Waals surface area (Å²) in [5.41, 5.74) is 2.68. The van der Waals surface area contributed by atoms with Gasteiger partial charge in [-0.2, -0.15) is 0 Å². The van der Waals surface area contributed by atoms with Gasteiger partial charge in [-0.15, -0.1) is 10.2 Å². The van der Waals surface area contributed by atoms with Gasteiger partial charge in [0.25, 0.3) is 5.91 Å². The molecule has 7 nitrogen and oxygen atoms in total. The first kappa shape index (κ1) is 21.3. The van der Waals surface area contributed by atoms with E-state index in [0.29, 0.717) is 5.82 Å². The number of piperidine rings is 1. The molecule has 2 heterocycles. The number of Topliss-reactive ketones (excluding diaryl/α,β-unsaturated/α-hetero) is 1. The zero-order chi connectivity index (χ0) is 22.8. The Bertz CT molecular complexity index is 1160. The van der Waals surface area contributed by atoms with Gasteiger partial charge in [-0.3, -0.25) is 9.59 Å². The highest BCUT2D eigenvalue weighted by atomic mass is 16.3. The molecule has 168 valence electrons. The Morgan fingerprint density at radius 3 is 2.42 bits per heavy atom. The lowest BCUT2D eigenvalue weighted by Crippen LogP contribution is -2.43. The maximum absolute atomic E-state index is 13.0. The van der Waals surface area contributed by atoms with Crippen LogP contribution in [0.15, 0.2) is 66.7 Å². The monoisotopic (exact) mass is 442 g/mol. The van der Waals surface area contributed by atoms with E-state index in [1.165, 1.54) is 0 Å². The van der Waals surface area contributed by atoms with Crippen molar-refractivity contribution in [2.75, 3.05) is 24.5 Å². The SMILES string of the molecule is O=C(NCC(O)c1ccccc1)c1ccc(N2CCC3(CC2)Cc2ccccc2C3=O)nn1. The first-order chi connectivity index (χ1) is 16.1. The van der Waals surface area contributed by atoms with Gasteiger partial charge >= 0.3 is 0 Å². The molecule has 2 aromatic carbocycles. The molecule has 1 aliphatic heterocycles. The van der Waals surface area contributed by atoms with Crippen molar-refractivity contribution in [3.05, 3.63) is 89.1 Å². The molecule has 0 saturated carbocycles. The summed E-state index contributed by atoms with van der Waals surface area (Å²) in [6, 6.07) is 20.5. The number of carbonyl (C=O) groups excluding carboxylic acids is 2. The smallest absolute Gasteiger partial charge is 0.271 e. The number of aliphatic hydroxyl groups is 1. The largest absolute Gasteiger partial charge is 0.387 e. The Morgan fingerprint density at radius 2 is 1.73 bits per heavy atom. The topological polar surface area (TPSA) is 95.4 Å². The number of amides is 1. The highest BCUT2D eigenvalue weighted by Gasteiger charge is 2.47. The van der Waals surface area contributed by atoms with E-state index in [2.05, 4.69) is 26.5 Å². The van der Waals surface area contributed by atoms with E-state index in [9.17, 15) is 14.7 Å². The number of fused-ring (bicyclic) bond motifs is 1. The predicted molar refractivity (Wildman–Crippen MR) is 124 cm³/mol. The molecular weight excluding hydrogens is 416 g/mol. The summed E-state index contributed by atoms with van der Waals surface area (Å²) in [5.74, 6) is 0.596. The molecule has 33 heavy (non-hydrogen) atoms. The maximum atomic E-state index is 13.0. The summed E-state index contributed by atoms with van der Waals surface area (Å²) in [6.45, 7) is 1.54. The second kappa shape index (κ2) is 8.75. The lowest BCUT2D eigenvalue weighted by atomic mass is 9.75. The van der Waals surface area contributed by atoms with Crippen LogP contribution in [0.4, 0.5) is 5.82 Å². The van der Waals surface area contributed by atoms with Crippen molar-refractivity contribution in [1.29, 1.82) is 0 Å². The number of nitrogens with one attached hydrogen (secondary N) is 1. The van der Waals surface area contributed by atoms with E-state index in [4.69, 9.17) is 0 Å².